The lowest BCUT2D eigenvalue weighted by Crippen LogP contribution is -2.32. The third kappa shape index (κ3) is 3.82. The fourth-order valence-corrected chi connectivity index (χ4v) is 3.94. The number of aryl methyl sites for hydroxylation is 1. The van der Waals surface area contributed by atoms with Crippen LogP contribution in [-0.2, 0) is 4.79 Å². The summed E-state index contributed by atoms with van der Waals surface area (Å²) >= 11 is 0. The van der Waals surface area contributed by atoms with Crippen molar-refractivity contribution in [3.05, 3.63) is 35.5 Å². The third-order valence-electron chi connectivity index (χ3n) is 5.81. The Morgan fingerprint density at radius 3 is 2.44 bits per heavy atom. The summed E-state index contributed by atoms with van der Waals surface area (Å²) in [5.74, 6) is 0.213. The quantitative estimate of drug-likeness (QED) is 0.882. The number of likely N-dealkylation sites (tertiary alicyclic amines) is 1. The predicted molar refractivity (Wildman–Crippen MR) is 107 cm³/mol. The van der Waals surface area contributed by atoms with Crippen molar-refractivity contribution in [2.75, 3.05) is 18.4 Å². The second-order valence-electron chi connectivity index (χ2n) is 7.87. The minimum Gasteiger partial charge on any atom is -0.339 e. The number of hydrogen-bond donors (Lipinski definition) is 1. The molecule has 0 unspecified atom stereocenters. The summed E-state index contributed by atoms with van der Waals surface area (Å²) < 4.78 is 0. The van der Waals surface area contributed by atoms with Crippen molar-refractivity contribution in [1.29, 1.82) is 0 Å². The molecule has 0 spiro atoms. The first-order valence-electron chi connectivity index (χ1n) is 10.1. The summed E-state index contributed by atoms with van der Waals surface area (Å²) in [6.07, 6.45) is 7.51. The van der Waals surface area contributed by atoms with E-state index in [4.69, 9.17) is 0 Å². The van der Waals surface area contributed by atoms with Gasteiger partial charge in [0.1, 0.15) is 0 Å². The minimum absolute atomic E-state index is 0.0484. The number of nitrogens with one attached hydrogen (secondary N) is 1. The van der Waals surface area contributed by atoms with Crippen LogP contribution in [0.4, 0.5) is 5.69 Å². The standard InChI is InChI=1S/C22H27N3O2/c1-15-9-10-18-19(22(27)25-11-4-2-3-5-12-25)13-17(14-20(18)23-15)24-21(26)16-7-6-8-16/h9-10,13-14,16H,2-8,11-12H2,1H3,(H,24,26). The average molecular weight is 365 g/mol. The molecular weight excluding hydrogens is 338 g/mol. The van der Waals surface area contributed by atoms with Gasteiger partial charge in [-0.25, -0.2) is 0 Å². The topological polar surface area (TPSA) is 62.3 Å². The number of pyridine rings is 1. The minimum atomic E-state index is 0.0484. The van der Waals surface area contributed by atoms with Crippen LogP contribution in [0.1, 0.15) is 61.0 Å². The second kappa shape index (κ2) is 7.67. The Kier molecular flexibility index (Phi) is 5.10. The van der Waals surface area contributed by atoms with Crippen LogP contribution in [-0.4, -0.2) is 34.8 Å². The highest BCUT2D eigenvalue weighted by Gasteiger charge is 2.26. The number of carbonyl (C=O) groups excluding carboxylic acids is 2. The molecule has 27 heavy (non-hydrogen) atoms. The van der Waals surface area contributed by atoms with Gasteiger partial charge in [0.2, 0.25) is 5.91 Å². The Morgan fingerprint density at radius 1 is 1.04 bits per heavy atom. The first-order valence-corrected chi connectivity index (χ1v) is 10.1. The monoisotopic (exact) mass is 365 g/mol. The summed E-state index contributed by atoms with van der Waals surface area (Å²) in [6, 6.07) is 7.63. The molecule has 4 rings (SSSR count). The van der Waals surface area contributed by atoms with Gasteiger partial charge in [0.25, 0.3) is 5.91 Å². The maximum atomic E-state index is 13.3. The van der Waals surface area contributed by atoms with E-state index in [2.05, 4.69) is 10.3 Å². The van der Waals surface area contributed by atoms with E-state index >= 15 is 0 Å². The summed E-state index contributed by atoms with van der Waals surface area (Å²) in [5, 5.41) is 3.87. The van der Waals surface area contributed by atoms with Crippen LogP contribution in [0.15, 0.2) is 24.3 Å². The van der Waals surface area contributed by atoms with Crippen LogP contribution >= 0.6 is 0 Å². The molecule has 2 heterocycles. The first kappa shape index (κ1) is 18.0. The maximum Gasteiger partial charge on any atom is 0.254 e. The van der Waals surface area contributed by atoms with Gasteiger partial charge in [0.05, 0.1) is 11.1 Å². The number of amides is 2. The number of rotatable bonds is 3. The lowest BCUT2D eigenvalue weighted by Gasteiger charge is -2.25. The molecule has 5 heteroatoms. The van der Waals surface area contributed by atoms with Crippen LogP contribution in [0.25, 0.3) is 10.9 Å². The third-order valence-corrected chi connectivity index (χ3v) is 5.81. The Hall–Kier alpha value is -2.43. The molecule has 0 radical (unpaired) electrons. The summed E-state index contributed by atoms with van der Waals surface area (Å²) in [7, 11) is 0. The van der Waals surface area contributed by atoms with Crippen LogP contribution in [0.5, 0.6) is 0 Å². The van der Waals surface area contributed by atoms with Crippen molar-refractivity contribution >= 4 is 28.4 Å². The SMILES string of the molecule is Cc1ccc2c(C(=O)N3CCCCCC3)cc(NC(=O)C3CCC3)cc2n1. The summed E-state index contributed by atoms with van der Waals surface area (Å²) in [4.78, 5) is 32.2. The molecule has 1 saturated heterocycles. The second-order valence-corrected chi connectivity index (χ2v) is 7.87. The van der Waals surface area contributed by atoms with Crippen LogP contribution < -0.4 is 5.32 Å². The zero-order valence-electron chi connectivity index (χ0n) is 16.0. The van der Waals surface area contributed by atoms with Crippen molar-refractivity contribution < 1.29 is 9.59 Å². The Balaban J connectivity index is 1.70. The normalized spacial score (nSPS) is 18.0. The van der Waals surface area contributed by atoms with Gasteiger partial charge in [0, 0.05) is 35.8 Å². The molecule has 0 atom stereocenters. The number of nitrogens with zero attached hydrogens (tertiary/aromatic N) is 2. The fourth-order valence-electron chi connectivity index (χ4n) is 3.94. The van der Waals surface area contributed by atoms with E-state index in [1.165, 1.54) is 12.8 Å². The van der Waals surface area contributed by atoms with Gasteiger partial charge in [-0.05, 0) is 50.8 Å². The molecule has 2 aliphatic rings. The smallest absolute Gasteiger partial charge is 0.254 e. The molecule has 1 aliphatic heterocycles. The molecule has 1 N–H and O–H groups in total. The van der Waals surface area contributed by atoms with E-state index in [0.29, 0.717) is 11.3 Å². The zero-order chi connectivity index (χ0) is 18.8. The molecule has 1 aliphatic carbocycles. The van der Waals surface area contributed by atoms with Gasteiger partial charge in [-0.2, -0.15) is 0 Å². The highest BCUT2D eigenvalue weighted by Crippen LogP contribution is 2.30. The van der Waals surface area contributed by atoms with Gasteiger partial charge >= 0.3 is 0 Å². The maximum absolute atomic E-state index is 13.3. The number of fused-ring (bicyclic) bond motifs is 1. The number of anilines is 1. The Morgan fingerprint density at radius 2 is 1.78 bits per heavy atom. The molecular formula is C22H27N3O2. The number of carbonyl (C=O) groups is 2. The zero-order valence-corrected chi connectivity index (χ0v) is 16.0. The molecule has 1 saturated carbocycles. The van der Waals surface area contributed by atoms with Crippen molar-refractivity contribution in [3.8, 4) is 0 Å². The number of aromatic nitrogens is 1. The lowest BCUT2D eigenvalue weighted by molar-refractivity contribution is -0.122. The van der Waals surface area contributed by atoms with Gasteiger partial charge in [-0.15, -0.1) is 0 Å². The van der Waals surface area contributed by atoms with Crippen LogP contribution in [0.2, 0.25) is 0 Å². The molecule has 2 aromatic rings. The van der Waals surface area contributed by atoms with Gasteiger partial charge in [-0.1, -0.05) is 25.3 Å². The molecule has 2 amide bonds. The van der Waals surface area contributed by atoms with Crippen molar-refractivity contribution in [2.24, 2.45) is 5.92 Å². The van der Waals surface area contributed by atoms with Gasteiger partial charge < -0.3 is 10.2 Å². The van der Waals surface area contributed by atoms with Crippen molar-refractivity contribution in [2.45, 2.75) is 51.9 Å². The van der Waals surface area contributed by atoms with E-state index in [1.54, 1.807) is 0 Å². The van der Waals surface area contributed by atoms with Crippen LogP contribution in [0.3, 0.4) is 0 Å². The van der Waals surface area contributed by atoms with Crippen LogP contribution in [0, 0.1) is 12.8 Å². The highest BCUT2D eigenvalue weighted by molar-refractivity contribution is 6.08. The fraction of sp³-hybridized carbons (Fsp3) is 0.500. The van der Waals surface area contributed by atoms with E-state index < -0.39 is 0 Å². The summed E-state index contributed by atoms with van der Waals surface area (Å²) in [5.41, 5.74) is 2.99. The first-order chi connectivity index (χ1) is 13.1. The molecule has 142 valence electrons. The van der Waals surface area contributed by atoms with Crippen molar-refractivity contribution in [3.63, 3.8) is 0 Å². The van der Waals surface area contributed by atoms with E-state index in [-0.39, 0.29) is 17.7 Å². The molecule has 5 nitrogen and oxygen atoms in total. The average Bonchev–Trinajstić information content (AvgIpc) is 2.88. The molecule has 0 bridgehead atoms. The largest absolute Gasteiger partial charge is 0.339 e. The lowest BCUT2D eigenvalue weighted by atomic mass is 9.85. The van der Waals surface area contributed by atoms with Gasteiger partial charge in [0.15, 0.2) is 0 Å². The number of hydrogen-bond acceptors (Lipinski definition) is 3. The van der Waals surface area contributed by atoms with Gasteiger partial charge in [-0.3, -0.25) is 14.6 Å². The molecule has 2 fully saturated rings. The van der Waals surface area contributed by atoms with E-state index in [9.17, 15) is 9.59 Å². The Bertz CT molecular complexity index is 865. The Labute approximate surface area is 160 Å². The van der Waals surface area contributed by atoms with Crippen molar-refractivity contribution in [1.82, 2.24) is 9.88 Å². The molecule has 1 aromatic carbocycles. The highest BCUT2D eigenvalue weighted by atomic mass is 16.2. The molecule has 1 aromatic heterocycles. The number of benzene rings is 1. The predicted octanol–water partition coefficient (Wildman–Crippen LogP) is 4.30. The van der Waals surface area contributed by atoms with E-state index in [0.717, 1.165) is 61.8 Å². The summed E-state index contributed by atoms with van der Waals surface area (Å²) in [6.45, 7) is 3.55. The van der Waals surface area contributed by atoms with E-state index in [1.807, 2.05) is 36.1 Å².